The van der Waals surface area contributed by atoms with Crippen LogP contribution in [-0.4, -0.2) is 20.2 Å². The third-order valence-corrected chi connectivity index (χ3v) is 5.16. The molecule has 0 saturated heterocycles. The molecule has 0 atom stereocenters. The van der Waals surface area contributed by atoms with Gasteiger partial charge in [0.05, 0.1) is 12.9 Å². The average Bonchev–Trinajstić information content (AvgIpc) is 3.47. The SMILES string of the molecule is Clc1ccc(C#Cc2ccc(C(Cn3ccnc3)=NOCc3nccs3)cc2)cc1. The Labute approximate surface area is 183 Å². The van der Waals surface area contributed by atoms with Gasteiger partial charge in [-0.3, -0.25) is 0 Å². The zero-order valence-electron chi connectivity index (χ0n) is 15.9. The smallest absolute Gasteiger partial charge is 0.168 e. The fourth-order valence-corrected chi connectivity index (χ4v) is 3.29. The molecule has 0 amide bonds. The number of hydrogen-bond donors (Lipinski definition) is 0. The number of thiazole rings is 1. The summed E-state index contributed by atoms with van der Waals surface area (Å²) in [6.45, 7) is 0.892. The molecule has 0 N–H and O–H groups in total. The number of rotatable bonds is 6. The summed E-state index contributed by atoms with van der Waals surface area (Å²) in [6.07, 6.45) is 7.14. The third kappa shape index (κ3) is 5.57. The van der Waals surface area contributed by atoms with E-state index in [9.17, 15) is 0 Å². The van der Waals surface area contributed by atoms with Crippen LogP contribution in [-0.2, 0) is 18.0 Å². The van der Waals surface area contributed by atoms with Gasteiger partial charge < -0.3 is 9.40 Å². The van der Waals surface area contributed by atoms with Gasteiger partial charge in [-0.2, -0.15) is 0 Å². The van der Waals surface area contributed by atoms with Gasteiger partial charge in [0, 0.05) is 45.7 Å². The first kappa shape index (κ1) is 19.9. The molecule has 0 bridgehead atoms. The van der Waals surface area contributed by atoms with E-state index in [0.717, 1.165) is 27.4 Å². The molecule has 0 spiro atoms. The van der Waals surface area contributed by atoms with Crippen LogP contribution in [0.1, 0.15) is 21.7 Å². The van der Waals surface area contributed by atoms with Crippen molar-refractivity contribution in [3.05, 3.63) is 106 Å². The molecule has 0 saturated carbocycles. The minimum atomic E-state index is 0.343. The summed E-state index contributed by atoms with van der Waals surface area (Å²) in [7, 11) is 0. The second-order valence-corrected chi connectivity index (χ2v) is 7.72. The van der Waals surface area contributed by atoms with Crippen LogP contribution < -0.4 is 0 Å². The van der Waals surface area contributed by atoms with Gasteiger partial charge in [-0.25, -0.2) is 9.97 Å². The zero-order chi connectivity index (χ0) is 20.6. The van der Waals surface area contributed by atoms with E-state index >= 15 is 0 Å². The number of benzene rings is 2. The second-order valence-electron chi connectivity index (χ2n) is 6.31. The van der Waals surface area contributed by atoms with Crippen molar-refractivity contribution in [3.8, 4) is 11.8 Å². The highest BCUT2D eigenvalue weighted by Crippen LogP contribution is 2.11. The van der Waals surface area contributed by atoms with Crippen LogP contribution in [0.2, 0.25) is 5.02 Å². The maximum Gasteiger partial charge on any atom is 0.168 e. The van der Waals surface area contributed by atoms with Crippen molar-refractivity contribution in [1.29, 1.82) is 0 Å². The van der Waals surface area contributed by atoms with Crippen molar-refractivity contribution in [2.75, 3.05) is 0 Å². The summed E-state index contributed by atoms with van der Waals surface area (Å²) < 4.78 is 1.94. The lowest BCUT2D eigenvalue weighted by Gasteiger charge is -2.08. The van der Waals surface area contributed by atoms with Gasteiger partial charge in [-0.15, -0.1) is 11.3 Å². The van der Waals surface area contributed by atoms with Crippen LogP contribution >= 0.6 is 22.9 Å². The topological polar surface area (TPSA) is 52.3 Å². The predicted octanol–water partition coefficient (Wildman–Crippen LogP) is 5.01. The fraction of sp³-hybridized carbons (Fsp3) is 0.0870. The first-order valence-electron chi connectivity index (χ1n) is 9.17. The van der Waals surface area contributed by atoms with Gasteiger partial charge in [-0.1, -0.05) is 40.7 Å². The Kier molecular flexibility index (Phi) is 6.55. The van der Waals surface area contributed by atoms with E-state index in [2.05, 4.69) is 27.0 Å². The van der Waals surface area contributed by atoms with Crippen LogP contribution in [0.5, 0.6) is 0 Å². The van der Waals surface area contributed by atoms with Crippen LogP contribution in [0.4, 0.5) is 0 Å². The Morgan fingerprint density at radius 3 is 2.40 bits per heavy atom. The molecule has 7 heteroatoms. The quantitative estimate of drug-likeness (QED) is 0.244. The summed E-state index contributed by atoms with van der Waals surface area (Å²) in [5.41, 5.74) is 3.59. The Balaban J connectivity index is 1.50. The monoisotopic (exact) mass is 432 g/mol. The largest absolute Gasteiger partial charge is 0.388 e. The van der Waals surface area contributed by atoms with E-state index in [1.165, 1.54) is 11.3 Å². The molecule has 0 radical (unpaired) electrons. The molecule has 5 nitrogen and oxygen atoms in total. The molecule has 148 valence electrons. The molecule has 2 aromatic heterocycles. The van der Waals surface area contributed by atoms with Gasteiger partial charge >= 0.3 is 0 Å². The Morgan fingerprint density at radius 1 is 1.03 bits per heavy atom. The van der Waals surface area contributed by atoms with E-state index in [-0.39, 0.29) is 0 Å². The predicted molar refractivity (Wildman–Crippen MR) is 120 cm³/mol. The van der Waals surface area contributed by atoms with Crippen LogP contribution in [0.15, 0.2) is 84.0 Å². The van der Waals surface area contributed by atoms with Gasteiger partial charge in [0.1, 0.15) is 10.7 Å². The molecule has 4 aromatic rings. The number of hydrogen-bond acceptors (Lipinski definition) is 5. The molecule has 4 rings (SSSR count). The molecule has 30 heavy (non-hydrogen) atoms. The zero-order valence-corrected chi connectivity index (χ0v) is 17.5. The van der Waals surface area contributed by atoms with Crippen LogP contribution in [0.25, 0.3) is 0 Å². The summed E-state index contributed by atoms with van der Waals surface area (Å²) in [5.74, 6) is 6.31. The normalized spacial score (nSPS) is 11.0. The highest BCUT2D eigenvalue weighted by Gasteiger charge is 2.07. The van der Waals surface area contributed by atoms with Crippen molar-refractivity contribution in [2.24, 2.45) is 5.16 Å². The fourth-order valence-electron chi connectivity index (χ4n) is 2.64. The molecule has 0 unspecified atom stereocenters. The number of oxime groups is 1. The summed E-state index contributed by atoms with van der Waals surface area (Å²) >= 11 is 7.45. The lowest BCUT2D eigenvalue weighted by atomic mass is 10.1. The minimum Gasteiger partial charge on any atom is -0.388 e. The number of halogens is 1. The van der Waals surface area contributed by atoms with Crippen molar-refractivity contribution >= 4 is 28.6 Å². The maximum absolute atomic E-state index is 5.91. The van der Waals surface area contributed by atoms with E-state index in [4.69, 9.17) is 16.4 Å². The molecular weight excluding hydrogens is 416 g/mol. The third-order valence-electron chi connectivity index (χ3n) is 4.15. The number of imidazole rings is 1. The molecule has 0 aliphatic heterocycles. The van der Waals surface area contributed by atoms with Crippen LogP contribution in [0.3, 0.4) is 0 Å². The van der Waals surface area contributed by atoms with Crippen molar-refractivity contribution < 1.29 is 4.84 Å². The highest BCUT2D eigenvalue weighted by molar-refractivity contribution is 7.09. The highest BCUT2D eigenvalue weighted by atomic mass is 35.5. The van der Waals surface area contributed by atoms with E-state index < -0.39 is 0 Å². The van der Waals surface area contributed by atoms with Gasteiger partial charge in [0.15, 0.2) is 6.61 Å². The lowest BCUT2D eigenvalue weighted by molar-refractivity contribution is 0.129. The summed E-state index contributed by atoms with van der Waals surface area (Å²) in [4.78, 5) is 13.9. The number of aromatic nitrogens is 3. The van der Waals surface area contributed by atoms with Gasteiger partial charge in [0.2, 0.25) is 0 Å². The summed E-state index contributed by atoms with van der Waals surface area (Å²) in [5, 5.41) is 7.86. The van der Waals surface area contributed by atoms with E-state index in [1.54, 1.807) is 18.7 Å². The van der Waals surface area contributed by atoms with Crippen molar-refractivity contribution in [3.63, 3.8) is 0 Å². The standard InChI is InChI=1S/C23H17ClN4OS/c24-21-9-5-19(6-10-21)2-1-18-3-7-20(8-4-18)22(15-28-13-11-25-17-28)27-29-16-23-26-12-14-30-23/h3-14,17H,15-16H2. The molecule has 0 aliphatic rings. The minimum absolute atomic E-state index is 0.343. The van der Waals surface area contributed by atoms with Crippen LogP contribution in [0, 0.1) is 11.8 Å². The van der Waals surface area contributed by atoms with Crippen molar-refractivity contribution in [2.45, 2.75) is 13.2 Å². The van der Waals surface area contributed by atoms with Crippen molar-refractivity contribution in [1.82, 2.24) is 14.5 Å². The Morgan fingerprint density at radius 2 is 1.77 bits per heavy atom. The second kappa shape index (κ2) is 9.88. The lowest BCUT2D eigenvalue weighted by Crippen LogP contribution is -2.11. The molecule has 2 aromatic carbocycles. The van der Waals surface area contributed by atoms with Gasteiger partial charge in [-0.05, 0) is 36.4 Å². The molecular formula is C23H17ClN4OS. The molecule has 2 heterocycles. The maximum atomic E-state index is 5.91. The Bertz CT molecular complexity index is 1160. The average molecular weight is 433 g/mol. The first-order valence-corrected chi connectivity index (χ1v) is 10.4. The number of nitrogens with zero attached hydrogens (tertiary/aromatic N) is 4. The van der Waals surface area contributed by atoms with Gasteiger partial charge in [0.25, 0.3) is 0 Å². The molecule has 0 aliphatic carbocycles. The van der Waals surface area contributed by atoms with E-state index in [0.29, 0.717) is 18.2 Å². The Hall–Kier alpha value is -3.40. The van der Waals surface area contributed by atoms with E-state index in [1.807, 2.05) is 64.7 Å². The molecule has 0 fully saturated rings. The first-order chi connectivity index (χ1) is 14.8. The summed E-state index contributed by atoms with van der Waals surface area (Å²) in [6, 6.07) is 15.4.